The third-order valence-electron chi connectivity index (χ3n) is 3.17. The molecule has 1 aromatic rings. The molecular formula is C16H25NO3. The number of para-hydroxylation sites is 1. The molecule has 0 aliphatic carbocycles. The predicted molar refractivity (Wildman–Crippen MR) is 79.8 cm³/mol. The first kappa shape index (κ1) is 16.5. The third-order valence-corrected chi connectivity index (χ3v) is 3.17. The number of carbonyl (C=O) groups is 1. The lowest BCUT2D eigenvalue weighted by Crippen LogP contribution is -2.28. The average molecular weight is 279 g/mol. The molecule has 0 radical (unpaired) electrons. The minimum absolute atomic E-state index is 0.0446. The predicted octanol–water partition coefficient (Wildman–Crippen LogP) is 2.29. The molecule has 112 valence electrons. The second-order valence-corrected chi connectivity index (χ2v) is 5.14. The van der Waals surface area contributed by atoms with Gasteiger partial charge in [-0.1, -0.05) is 25.1 Å². The molecule has 20 heavy (non-hydrogen) atoms. The summed E-state index contributed by atoms with van der Waals surface area (Å²) in [5.41, 5.74) is 1.11. The Kier molecular flexibility index (Phi) is 7.73. The van der Waals surface area contributed by atoms with Crippen molar-refractivity contribution in [3.05, 3.63) is 29.8 Å². The van der Waals surface area contributed by atoms with Crippen molar-refractivity contribution in [2.24, 2.45) is 5.92 Å². The van der Waals surface area contributed by atoms with Crippen LogP contribution in [0.3, 0.4) is 0 Å². The molecule has 0 spiro atoms. The van der Waals surface area contributed by atoms with Crippen LogP contribution in [0.1, 0.15) is 31.7 Å². The standard InChI is InChI=1S/C16H25NO3/c1-13(9-10-18)12-17-16(19)8-5-11-20-15-7-4-3-6-14(15)2/h3-4,6-7,13,18H,5,8-12H2,1-2H3,(H,17,19). The molecule has 1 rings (SSSR count). The lowest BCUT2D eigenvalue weighted by Gasteiger charge is -2.11. The molecule has 1 aromatic carbocycles. The van der Waals surface area contributed by atoms with E-state index in [1.165, 1.54) is 0 Å². The van der Waals surface area contributed by atoms with Crippen LogP contribution < -0.4 is 10.1 Å². The van der Waals surface area contributed by atoms with Crippen molar-refractivity contribution in [1.29, 1.82) is 0 Å². The molecule has 0 saturated carbocycles. The Morgan fingerprint density at radius 3 is 2.85 bits per heavy atom. The van der Waals surface area contributed by atoms with Crippen LogP contribution in [0.2, 0.25) is 0 Å². The monoisotopic (exact) mass is 279 g/mol. The summed E-state index contributed by atoms with van der Waals surface area (Å²) in [5, 5.41) is 11.6. The van der Waals surface area contributed by atoms with Crippen molar-refractivity contribution < 1.29 is 14.6 Å². The minimum Gasteiger partial charge on any atom is -0.493 e. The van der Waals surface area contributed by atoms with Crippen LogP contribution in [0.15, 0.2) is 24.3 Å². The normalized spacial score (nSPS) is 11.9. The quantitative estimate of drug-likeness (QED) is 0.682. The second kappa shape index (κ2) is 9.37. The highest BCUT2D eigenvalue weighted by Gasteiger charge is 2.05. The molecule has 4 heteroatoms. The average Bonchev–Trinajstić information content (AvgIpc) is 2.43. The number of carbonyl (C=O) groups excluding carboxylic acids is 1. The lowest BCUT2D eigenvalue weighted by atomic mass is 10.1. The van der Waals surface area contributed by atoms with Gasteiger partial charge in [0.1, 0.15) is 5.75 Å². The van der Waals surface area contributed by atoms with Gasteiger partial charge >= 0.3 is 0 Å². The molecule has 0 heterocycles. The van der Waals surface area contributed by atoms with Gasteiger partial charge < -0.3 is 15.2 Å². The first-order valence-electron chi connectivity index (χ1n) is 7.19. The number of nitrogens with one attached hydrogen (secondary N) is 1. The summed E-state index contributed by atoms with van der Waals surface area (Å²) in [6.07, 6.45) is 1.89. The van der Waals surface area contributed by atoms with Crippen LogP contribution in [0.5, 0.6) is 5.75 Å². The number of amides is 1. The number of aryl methyl sites for hydroxylation is 1. The maximum Gasteiger partial charge on any atom is 0.220 e. The molecule has 1 amide bonds. The van der Waals surface area contributed by atoms with Crippen LogP contribution in [-0.4, -0.2) is 30.8 Å². The van der Waals surface area contributed by atoms with E-state index < -0.39 is 0 Å². The Morgan fingerprint density at radius 2 is 2.15 bits per heavy atom. The van der Waals surface area contributed by atoms with E-state index in [2.05, 4.69) is 5.32 Å². The van der Waals surface area contributed by atoms with E-state index in [1.807, 2.05) is 38.1 Å². The number of ether oxygens (including phenoxy) is 1. The number of rotatable bonds is 9. The highest BCUT2D eigenvalue weighted by molar-refractivity contribution is 5.75. The zero-order valence-electron chi connectivity index (χ0n) is 12.4. The van der Waals surface area contributed by atoms with Crippen LogP contribution in [0, 0.1) is 12.8 Å². The number of hydrogen-bond acceptors (Lipinski definition) is 3. The van der Waals surface area contributed by atoms with E-state index in [0.717, 1.165) is 17.7 Å². The number of hydrogen-bond donors (Lipinski definition) is 2. The third kappa shape index (κ3) is 6.57. The molecule has 4 nitrogen and oxygen atoms in total. The Bertz CT molecular complexity index is 406. The SMILES string of the molecule is Cc1ccccc1OCCCC(=O)NCC(C)CCO. The fourth-order valence-electron chi connectivity index (χ4n) is 1.83. The maximum atomic E-state index is 11.6. The van der Waals surface area contributed by atoms with Gasteiger partial charge in [-0.3, -0.25) is 4.79 Å². The summed E-state index contributed by atoms with van der Waals surface area (Å²) < 4.78 is 5.64. The minimum atomic E-state index is 0.0446. The fraction of sp³-hybridized carbons (Fsp3) is 0.562. The molecule has 0 aliphatic heterocycles. The largest absolute Gasteiger partial charge is 0.493 e. The van der Waals surface area contributed by atoms with Crippen LogP contribution in [0.4, 0.5) is 0 Å². The number of aliphatic hydroxyl groups excluding tert-OH is 1. The highest BCUT2D eigenvalue weighted by Crippen LogP contribution is 2.16. The van der Waals surface area contributed by atoms with Gasteiger partial charge in [-0.25, -0.2) is 0 Å². The molecule has 0 saturated heterocycles. The smallest absolute Gasteiger partial charge is 0.220 e. The summed E-state index contributed by atoms with van der Waals surface area (Å²) in [7, 11) is 0. The molecule has 0 bridgehead atoms. The van der Waals surface area contributed by atoms with Crippen molar-refractivity contribution in [2.45, 2.75) is 33.1 Å². The van der Waals surface area contributed by atoms with Gasteiger partial charge in [-0.2, -0.15) is 0 Å². The second-order valence-electron chi connectivity index (χ2n) is 5.14. The lowest BCUT2D eigenvalue weighted by molar-refractivity contribution is -0.121. The van der Waals surface area contributed by atoms with Gasteiger partial charge in [-0.05, 0) is 37.3 Å². The Balaban J connectivity index is 2.12. The van der Waals surface area contributed by atoms with Gasteiger partial charge in [-0.15, -0.1) is 0 Å². The zero-order chi connectivity index (χ0) is 14.8. The zero-order valence-corrected chi connectivity index (χ0v) is 12.4. The number of benzene rings is 1. The number of aliphatic hydroxyl groups is 1. The summed E-state index contributed by atoms with van der Waals surface area (Å²) in [5.74, 6) is 1.24. The van der Waals surface area contributed by atoms with Crippen LogP contribution in [0.25, 0.3) is 0 Å². The molecule has 1 unspecified atom stereocenters. The molecule has 0 aromatic heterocycles. The maximum absolute atomic E-state index is 11.6. The summed E-state index contributed by atoms with van der Waals surface area (Å²) >= 11 is 0. The molecule has 1 atom stereocenters. The van der Waals surface area contributed by atoms with Crippen molar-refractivity contribution in [1.82, 2.24) is 5.32 Å². The van der Waals surface area contributed by atoms with E-state index in [0.29, 0.717) is 31.9 Å². The summed E-state index contributed by atoms with van der Waals surface area (Å²) in [6, 6.07) is 7.86. The Labute approximate surface area is 121 Å². The van der Waals surface area contributed by atoms with Crippen LogP contribution in [-0.2, 0) is 4.79 Å². The van der Waals surface area contributed by atoms with Crippen LogP contribution >= 0.6 is 0 Å². The van der Waals surface area contributed by atoms with Crippen molar-refractivity contribution in [3.63, 3.8) is 0 Å². The van der Waals surface area contributed by atoms with E-state index in [1.54, 1.807) is 0 Å². The summed E-state index contributed by atoms with van der Waals surface area (Å²) in [6.45, 7) is 5.35. The van der Waals surface area contributed by atoms with Gasteiger partial charge in [0.15, 0.2) is 0 Å². The van der Waals surface area contributed by atoms with E-state index in [-0.39, 0.29) is 12.5 Å². The van der Waals surface area contributed by atoms with Gasteiger partial charge in [0, 0.05) is 19.6 Å². The Morgan fingerprint density at radius 1 is 1.40 bits per heavy atom. The van der Waals surface area contributed by atoms with Gasteiger partial charge in [0.05, 0.1) is 6.61 Å². The fourth-order valence-corrected chi connectivity index (χ4v) is 1.83. The molecule has 0 aliphatic rings. The summed E-state index contributed by atoms with van der Waals surface area (Å²) in [4.78, 5) is 11.6. The highest BCUT2D eigenvalue weighted by atomic mass is 16.5. The van der Waals surface area contributed by atoms with E-state index in [4.69, 9.17) is 9.84 Å². The van der Waals surface area contributed by atoms with E-state index >= 15 is 0 Å². The van der Waals surface area contributed by atoms with Crippen molar-refractivity contribution in [2.75, 3.05) is 19.8 Å². The van der Waals surface area contributed by atoms with Gasteiger partial charge in [0.25, 0.3) is 0 Å². The molecule has 2 N–H and O–H groups in total. The van der Waals surface area contributed by atoms with Crippen molar-refractivity contribution >= 4 is 5.91 Å². The Hall–Kier alpha value is -1.55. The first-order chi connectivity index (χ1) is 9.63. The first-order valence-corrected chi connectivity index (χ1v) is 7.19. The topological polar surface area (TPSA) is 58.6 Å². The van der Waals surface area contributed by atoms with Gasteiger partial charge in [0.2, 0.25) is 5.91 Å². The van der Waals surface area contributed by atoms with Crippen molar-refractivity contribution in [3.8, 4) is 5.75 Å². The van der Waals surface area contributed by atoms with E-state index in [9.17, 15) is 4.79 Å². The molecular weight excluding hydrogens is 254 g/mol. The molecule has 0 fully saturated rings.